The molecule has 0 bridgehead atoms. The van der Waals surface area contributed by atoms with Crippen LogP contribution in [-0.4, -0.2) is 89.8 Å². The molecule has 3 unspecified atom stereocenters. The Morgan fingerprint density at radius 1 is 1.10 bits per heavy atom. The topological polar surface area (TPSA) is 111 Å². The van der Waals surface area contributed by atoms with Crippen molar-refractivity contribution in [1.82, 2.24) is 20.4 Å². The first-order valence-corrected chi connectivity index (χ1v) is 15.9. The second-order valence-corrected chi connectivity index (χ2v) is 13.0. The molecular weight excluding hydrogens is 579 g/mol. The fourth-order valence-electron chi connectivity index (χ4n) is 5.19. The van der Waals surface area contributed by atoms with Crippen molar-refractivity contribution in [2.24, 2.45) is 5.92 Å². The van der Waals surface area contributed by atoms with Crippen molar-refractivity contribution in [1.29, 1.82) is 0 Å². The molecule has 3 amide bonds. The SMILES string of the molecule is CCCCCC(CO)C(C)N1CCCN(C(=O)C(Cc2ccc(Cl)cc2Cl)NC(=O)CCNC(=O)OC(C)(C)C)CC1. The number of hydrogen-bond acceptors (Lipinski definition) is 6. The van der Waals surface area contributed by atoms with Gasteiger partial charge in [0.15, 0.2) is 0 Å². The summed E-state index contributed by atoms with van der Waals surface area (Å²) < 4.78 is 5.22. The van der Waals surface area contributed by atoms with Crippen LogP contribution in [0.15, 0.2) is 18.2 Å². The van der Waals surface area contributed by atoms with E-state index >= 15 is 0 Å². The minimum absolute atomic E-state index is 0.0107. The van der Waals surface area contributed by atoms with Gasteiger partial charge in [-0.3, -0.25) is 14.5 Å². The number of amides is 3. The molecule has 0 aliphatic carbocycles. The highest BCUT2D eigenvalue weighted by atomic mass is 35.5. The van der Waals surface area contributed by atoms with E-state index in [1.165, 1.54) is 0 Å². The lowest BCUT2D eigenvalue weighted by Gasteiger charge is -2.33. The van der Waals surface area contributed by atoms with Gasteiger partial charge in [-0.05, 0) is 64.2 Å². The van der Waals surface area contributed by atoms with Gasteiger partial charge in [-0.2, -0.15) is 0 Å². The molecule has 0 aromatic heterocycles. The van der Waals surface area contributed by atoms with Crippen LogP contribution in [-0.2, 0) is 20.7 Å². The fourth-order valence-corrected chi connectivity index (χ4v) is 5.68. The quantitative estimate of drug-likeness (QED) is 0.249. The molecule has 238 valence electrons. The van der Waals surface area contributed by atoms with Crippen LogP contribution in [0.25, 0.3) is 0 Å². The first-order valence-electron chi connectivity index (χ1n) is 15.2. The number of unbranched alkanes of at least 4 members (excludes halogenated alkanes) is 2. The largest absolute Gasteiger partial charge is 0.444 e. The maximum Gasteiger partial charge on any atom is 0.407 e. The molecule has 11 heteroatoms. The smallest absolute Gasteiger partial charge is 0.407 e. The highest BCUT2D eigenvalue weighted by Crippen LogP contribution is 2.24. The third-order valence-electron chi connectivity index (χ3n) is 7.61. The fraction of sp³-hybridized carbons (Fsp3) is 0.710. The number of ether oxygens (including phenoxy) is 1. The number of carbonyl (C=O) groups excluding carboxylic acids is 3. The molecule has 0 spiro atoms. The van der Waals surface area contributed by atoms with E-state index in [1.807, 2.05) is 4.90 Å². The molecule has 3 N–H and O–H groups in total. The summed E-state index contributed by atoms with van der Waals surface area (Å²) in [6.07, 6.45) is 4.79. The summed E-state index contributed by atoms with van der Waals surface area (Å²) in [5.74, 6) is -0.338. The van der Waals surface area contributed by atoms with E-state index < -0.39 is 17.7 Å². The Kier molecular flexibility index (Phi) is 15.4. The van der Waals surface area contributed by atoms with E-state index in [4.69, 9.17) is 27.9 Å². The molecule has 1 fully saturated rings. The minimum atomic E-state index is -0.832. The first-order chi connectivity index (χ1) is 19.8. The summed E-state index contributed by atoms with van der Waals surface area (Å²) in [6.45, 7) is 12.5. The van der Waals surface area contributed by atoms with Crippen LogP contribution in [0, 0.1) is 5.92 Å². The van der Waals surface area contributed by atoms with Crippen LogP contribution in [0.3, 0.4) is 0 Å². The number of nitrogens with zero attached hydrogens (tertiary/aromatic N) is 2. The molecule has 0 radical (unpaired) electrons. The Bertz CT molecular complexity index is 1020. The number of hydrogen-bond donors (Lipinski definition) is 3. The second-order valence-electron chi connectivity index (χ2n) is 12.1. The maximum atomic E-state index is 13.8. The van der Waals surface area contributed by atoms with E-state index in [0.717, 1.165) is 38.6 Å². The van der Waals surface area contributed by atoms with Gasteiger partial charge in [0.1, 0.15) is 11.6 Å². The van der Waals surface area contributed by atoms with Crippen molar-refractivity contribution in [2.45, 2.75) is 97.2 Å². The summed E-state index contributed by atoms with van der Waals surface area (Å²) in [6, 6.07) is 4.47. The summed E-state index contributed by atoms with van der Waals surface area (Å²) >= 11 is 12.5. The van der Waals surface area contributed by atoms with Crippen molar-refractivity contribution in [3.63, 3.8) is 0 Å². The Hall–Kier alpha value is -2.07. The van der Waals surface area contributed by atoms with Gasteiger partial charge >= 0.3 is 6.09 Å². The zero-order valence-electron chi connectivity index (χ0n) is 25.9. The van der Waals surface area contributed by atoms with Gasteiger partial charge < -0.3 is 25.4 Å². The molecule has 3 atom stereocenters. The molecule has 1 saturated heterocycles. The summed E-state index contributed by atoms with van der Waals surface area (Å²) in [5, 5.41) is 16.4. The van der Waals surface area contributed by atoms with Crippen LogP contribution >= 0.6 is 23.2 Å². The molecule has 2 rings (SSSR count). The Labute approximate surface area is 261 Å². The standard InChI is InChI=1S/C31H50Cl2N4O5/c1-6-7-8-10-24(21-38)22(2)36-15-9-16-37(18-17-36)29(40)27(19-23-11-12-25(32)20-26(23)33)35-28(39)13-14-34-30(41)42-31(3,4)5/h11-12,20,22,24,27,38H,6-10,13-19,21H2,1-5H3,(H,34,41)(H,35,39). The zero-order chi connectivity index (χ0) is 31.3. The number of rotatable bonds is 14. The lowest BCUT2D eigenvalue weighted by atomic mass is 9.94. The third kappa shape index (κ3) is 12.7. The van der Waals surface area contributed by atoms with Gasteiger partial charge in [0.25, 0.3) is 0 Å². The molecule has 0 saturated carbocycles. The third-order valence-corrected chi connectivity index (χ3v) is 8.19. The predicted octanol–water partition coefficient (Wildman–Crippen LogP) is 5.05. The van der Waals surface area contributed by atoms with Crippen molar-refractivity contribution in [3.05, 3.63) is 33.8 Å². The number of aliphatic hydroxyl groups is 1. The number of benzene rings is 1. The second kappa shape index (κ2) is 17.9. The highest BCUT2D eigenvalue weighted by Gasteiger charge is 2.31. The van der Waals surface area contributed by atoms with Gasteiger partial charge in [-0.15, -0.1) is 0 Å². The van der Waals surface area contributed by atoms with Crippen molar-refractivity contribution in [2.75, 3.05) is 39.3 Å². The van der Waals surface area contributed by atoms with E-state index in [-0.39, 0.29) is 49.8 Å². The molecule has 1 aromatic rings. The van der Waals surface area contributed by atoms with Crippen LogP contribution in [0.1, 0.15) is 78.7 Å². The van der Waals surface area contributed by atoms with Gasteiger partial charge in [-0.25, -0.2) is 4.79 Å². The first kappa shape index (κ1) is 36.1. The van der Waals surface area contributed by atoms with Crippen LogP contribution in [0.2, 0.25) is 10.0 Å². The average Bonchev–Trinajstić information content (AvgIpc) is 3.17. The Morgan fingerprint density at radius 3 is 2.48 bits per heavy atom. The summed E-state index contributed by atoms with van der Waals surface area (Å²) in [5.41, 5.74) is 0.0607. The highest BCUT2D eigenvalue weighted by molar-refractivity contribution is 6.35. The van der Waals surface area contributed by atoms with Gasteiger partial charge in [-0.1, -0.05) is 55.5 Å². The molecule has 1 aromatic carbocycles. The average molecular weight is 630 g/mol. The lowest BCUT2D eigenvalue weighted by molar-refractivity contribution is -0.136. The zero-order valence-corrected chi connectivity index (χ0v) is 27.4. The van der Waals surface area contributed by atoms with E-state index in [0.29, 0.717) is 35.2 Å². The molecule has 1 aliphatic heterocycles. The van der Waals surface area contributed by atoms with E-state index in [1.54, 1.807) is 39.0 Å². The minimum Gasteiger partial charge on any atom is -0.444 e. The number of aliphatic hydroxyl groups excluding tert-OH is 1. The predicted molar refractivity (Wildman–Crippen MR) is 168 cm³/mol. The number of carbonyl (C=O) groups is 3. The van der Waals surface area contributed by atoms with Crippen molar-refractivity contribution >= 4 is 41.1 Å². The van der Waals surface area contributed by atoms with Gasteiger partial charge in [0.2, 0.25) is 11.8 Å². The normalized spacial score (nSPS) is 16.7. The van der Waals surface area contributed by atoms with Crippen molar-refractivity contribution in [3.8, 4) is 0 Å². The van der Waals surface area contributed by atoms with Crippen LogP contribution in [0.4, 0.5) is 4.79 Å². The molecule has 1 heterocycles. The molecule has 9 nitrogen and oxygen atoms in total. The van der Waals surface area contributed by atoms with Gasteiger partial charge in [0.05, 0.1) is 0 Å². The Balaban J connectivity index is 2.07. The molecular formula is C31H50Cl2N4O5. The van der Waals surface area contributed by atoms with E-state index in [9.17, 15) is 19.5 Å². The monoisotopic (exact) mass is 628 g/mol. The maximum absolute atomic E-state index is 13.8. The molecule has 42 heavy (non-hydrogen) atoms. The lowest BCUT2D eigenvalue weighted by Crippen LogP contribution is -2.51. The Morgan fingerprint density at radius 2 is 1.83 bits per heavy atom. The number of alkyl carbamates (subject to hydrolysis) is 1. The molecule has 1 aliphatic rings. The summed E-state index contributed by atoms with van der Waals surface area (Å²) in [4.78, 5) is 42.9. The van der Waals surface area contributed by atoms with E-state index in [2.05, 4.69) is 29.4 Å². The summed E-state index contributed by atoms with van der Waals surface area (Å²) in [7, 11) is 0. The van der Waals surface area contributed by atoms with Crippen LogP contribution < -0.4 is 10.6 Å². The van der Waals surface area contributed by atoms with Crippen LogP contribution in [0.5, 0.6) is 0 Å². The van der Waals surface area contributed by atoms with Gasteiger partial charge in [0, 0.05) is 68.3 Å². The number of nitrogens with one attached hydrogen (secondary N) is 2. The number of halogens is 2. The van der Waals surface area contributed by atoms with Crippen molar-refractivity contribution < 1.29 is 24.2 Å².